The van der Waals surface area contributed by atoms with E-state index in [0.29, 0.717) is 5.57 Å². The molecule has 3 nitrogen and oxygen atoms in total. The van der Waals surface area contributed by atoms with Crippen molar-refractivity contribution < 1.29 is 9.90 Å². The van der Waals surface area contributed by atoms with E-state index in [1.807, 2.05) is 0 Å². The van der Waals surface area contributed by atoms with Crippen LogP contribution in [0.5, 0.6) is 0 Å². The summed E-state index contributed by atoms with van der Waals surface area (Å²) >= 11 is 0. The maximum absolute atomic E-state index is 11.0. The molecule has 0 fully saturated rings. The van der Waals surface area contributed by atoms with E-state index in [0.717, 1.165) is 0 Å². The van der Waals surface area contributed by atoms with Crippen LogP contribution in [0.4, 0.5) is 0 Å². The summed E-state index contributed by atoms with van der Waals surface area (Å²) in [6, 6.07) is 0. The molecule has 11 heavy (non-hydrogen) atoms. The van der Waals surface area contributed by atoms with Crippen molar-refractivity contribution in [3.05, 3.63) is 29.5 Å². The number of carbonyl (C=O) groups excluding carboxylic acids is 1. The highest BCUT2D eigenvalue weighted by atomic mass is 16.3. The van der Waals surface area contributed by atoms with Crippen LogP contribution in [-0.2, 0) is 4.79 Å². The summed E-state index contributed by atoms with van der Waals surface area (Å²) in [5.41, 5.74) is 3.26. The van der Waals surface area contributed by atoms with Crippen molar-refractivity contribution >= 4 is 5.91 Å². The molecule has 0 aromatic rings. The molecule has 0 bridgehead atoms. The summed E-state index contributed by atoms with van der Waals surface area (Å²) in [6.45, 7) is 0.254. The van der Waals surface area contributed by atoms with Gasteiger partial charge in [0, 0.05) is 6.54 Å². The topological polar surface area (TPSA) is 49.3 Å². The molecule has 0 atom stereocenters. The molecular weight excluding hydrogens is 142 g/mol. The van der Waals surface area contributed by atoms with Crippen molar-refractivity contribution in [1.29, 1.82) is 0 Å². The molecule has 0 spiro atoms. The average Bonchev–Trinajstić information content (AvgIpc) is 2.52. The Hall–Kier alpha value is -1.31. The first-order valence-electron chi connectivity index (χ1n) is 3.37. The predicted octanol–water partition coefficient (Wildman–Crippen LogP) is -0.254. The summed E-state index contributed by atoms with van der Waals surface area (Å²) < 4.78 is 0. The van der Waals surface area contributed by atoms with Gasteiger partial charge in [-0.2, -0.15) is 0 Å². The Morgan fingerprint density at radius 2 is 2.55 bits per heavy atom. The lowest BCUT2D eigenvalue weighted by Gasteiger charge is -1.99. The molecule has 0 unspecified atom stereocenters. The molecule has 1 amide bonds. The molecule has 0 saturated carbocycles. The minimum absolute atomic E-state index is 0.0353. The van der Waals surface area contributed by atoms with Gasteiger partial charge >= 0.3 is 0 Å². The Bertz CT molecular complexity index is 247. The highest BCUT2D eigenvalue weighted by Gasteiger charge is 2.04. The van der Waals surface area contributed by atoms with Crippen molar-refractivity contribution in [2.75, 3.05) is 13.2 Å². The van der Waals surface area contributed by atoms with Gasteiger partial charge in [0.15, 0.2) is 0 Å². The van der Waals surface area contributed by atoms with Crippen molar-refractivity contribution in [3.63, 3.8) is 0 Å². The molecule has 0 saturated heterocycles. The zero-order valence-corrected chi connectivity index (χ0v) is 6.00. The van der Waals surface area contributed by atoms with Gasteiger partial charge in [0.25, 0.3) is 5.91 Å². The summed E-state index contributed by atoms with van der Waals surface area (Å²) in [5.74, 6) is -0.191. The fourth-order valence-corrected chi connectivity index (χ4v) is 0.736. The monoisotopic (exact) mass is 151 g/mol. The summed E-state index contributed by atoms with van der Waals surface area (Å²) in [6.07, 6.45) is 5.09. The first kappa shape index (κ1) is 7.79. The van der Waals surface area contributed by atoms with Gasteiger partial charge in [0.05, 0.1) is 12.2 Å². The number of hydrogen-bond donors (Lipinski definition) is 2. The van der Waals surface area contributed by atoms with E-state index in [2.05, 4.69) is 11.0 Å². The Kier molecular flexibility index (Phi) is 2.66. The van der Waals surface area contributed by atoms with Crippen LogP contribution in [-0.4, -0.2) is 24.2 Å². The standard InChI is InChI=1S/C8H9NO2/c10-6-5-9-8(11)7-3-1-2-4-7/h1-3,10H,5-6H2,(H,9,11). The first-order chi connectivity index (χ1) is 5.34. The van der Waals surface area contributed by atoms with Crippen LogP contribution < -0.4 is 5.32 Å². The fraction of sp³-hybridized carbons (Fsp3) is 0.250. The number of allylic oxidation sites excluding steroid dienone is 1. The third-order valence-corrected chi connectivity index (χ3v) is 1.24. The molecule has 0 radical (unpaired) electrons. The van der Waals surface area contributed by atoms with E-state index in [4.69, 9.17) is 5.11 Å². The zero-order chi connectivity index (χ0) is 8.10. The Balaban J connectivity index is 2.43. The van der Waals surface area contributed by atoms with Gasteiger partial charge in [-0.05, 0) is 12.2 Å². The number of nitrogens with one attached hydrogen (secondary N) is 1. The van der Waals surface area contributed by atoms with Crippen molar-refractivity contribution in [2.45, 2.75) is 0 Å². The predicted molar refractivity (Wildman–Crippen MR) is 40.8 cm³/mol. The van der Waals surface area contributed by atoms with E-state index < -0.39 is 0 Å². The zero-order valence-electron chi connectivity index (χ0n) is 6.00. The second kappa shape index (κ2) is 3.76. The molecule has 0 aliphatic heterocycles. The van der Waals surface area contributed by atoms with Gasteiger partial charge in [0.1, 0.15) is 0 Å². The Morgan fingerprint density at radius 3 is 3.09 bits per heavy atom. The molecule has 1 rings (SSSR count). The third kappa shape index (κ3) is 2.08. The largest absolute Gasteiger partial charge is 0.395 e. The van der Waals surface area contributed by atoms with Crippen LogP contribution in [0.2, 0.25) is 0 Å². The number of carbonyl (C=O) groups is 1. The third-order valence-electron chi connectivity index (χ3n) is 1.24. The Morgan fingerprint density at radius 1 is 1.73 bits per heavy atom. The second-order valence-electron chi connectivity index (χ2n) is 2.06. The van der Waals surface area contributed by atoms with E-state index in [-0.39, 0.29) is 19.1 Å². The van der Waals surface area contributed by atoms with E-state index in [9.17, 15) is 4.79 Å². The van der Waals surface area contributed by atoms with Gasteiger partial charge in [0.2, 0.25) is 0 Å². The van der Waals surface area contributed by atoms with Crippen LogP contribution in [0.1, 0.15) is 0 Å². The molecule has 0 heterocycles. The van der Waals surface area contributed by atoms with Gasteiger partial charge in [-0.1, -0.05) is 6.08 Å². The number of rotatable bonds is 3. The SMILES string of the molecule is O=C(NCCO)C1=C=CC=C1. The highest BCUT2D eigenvalue weighted by molar-refractivity contribution is 5.96. The molecule has 0 aromatic heterocycles. The van der Waals surface area contributed by atoms with Crippen molar-refractivity contribution in [3.8, 4) is 0 Å². The van der Waals surface area contributed by atoms with E-state index in [1.165, 1.54) is 0 Å². The maximum atomic E-state index is 11.0. The summed E-state index contributed by atoms with van der Waals surface area (Å²) in [7, 11) is 0. The summed E-state index contributed by atoms with van der Waals surface area (Å²) in [5, 5.41) is 10.9. The van der Waals surface area contributed by atoms with E-state index >= 15 is 0 Å². The summed E-state index contributed by atoms with van der Waals surface area (Å²) in [4.78, 5) is 11.0. The average molecular weight is 151 g/mol. The van der Waals surface area contributed by atoms with Crippen LogP contribution in [0.3, 0.4) is 0 Å². The van der Waals surface area contributed by atoms with Crippen LogP contribution in [0.15, 0.2) is 29.5 Å². The molecule has 3 heteroatoms. The minimum atomic E-state index is -0.191. The molecule has 1 aliphatic carbocycles. The molecular formula is C8H9NO2. The molecule has 2 N–H and O–H groups in total. The second-order valence-corrected chi connectivity index (χ2v) is 2.06. The van der Waals surface area contributed by atoms with E-state index in [1.54, 1.807) is 18.2 Å². The van der Waals surface area contributed by atoms with Crippen LogP contribution in [0.25, 0.3) is 0 Å². The lowest BCUT2D eigenvalue weighted by Crippen LogP contribution is -2.26. The number of amides is 1. The normalized spacial score (nSPS) is 13.4. The van der Waals surface area contributed by atoms with Crippen molar-refractivity contribution in [2.24, 2.45) is 0 Å². The minimum Gasteiger partial charge on any atom is -0.395 e. The number of hydrogen-bond acceptors (Lipinski definition) is 2. The van der Waals surface area contributed by atoms with Crippen LogP contribution in [0, 0.1) is 0 Å². The number of aliphatic hydroxyl groups is 1. The van der Waals surface area contributed by atoms with Gasteiger partial charge in [-0.25, -0.2) is 0 Å². The van der Waals surface area contributed by atoms with Gasteiger partial charge in [-0.3, -0.25) is 4.79 Å². The Labute approximate surface area is 64.7 Å². The first-order valence-corrected chi connectivity index (χ1v) is 3.37. The fourth-order valence-electron chi connectivity index (χ4n) is 0.736. The molecule has 1 aliphatic rings. The molecule has 58 valence electrons. The van der Waals surface area contributed by atoms with Gasteiger partial charge in [-0.15, -0.1) is 5.73 Å². The smallest absolute Gasteiger partial charge is 0.259 e. The highest BCUT2D eigenvalue weighted by Crippen LogP contribution is 2.00. The number of aliphatic hydroxyl groups excluding tert-OH is 1. The molecule has 0 aromatic carbocycles. The van der Waals surface area contributed by atoms with Crippen LogP contribution >= 0.6 is 0 Å². The lowest BCUT2D eigenvalue weighted by molar-refractivity contribution is -0.117. The maximum Gasteiger partial charge on any atom is 0.259 e. The quantitative estimate of drug-likeness (QED) is 0.546. The van der Waals surface area contributed by atoms with Crippen molar-refractivity contribution in [1.82, 2.24) is 5.32 Å². The van der Waals surface area contributed by atoms with Gasteiger partial charge < -0.3 is 10.4 Å². The lowest BCUT2D eigenvalue weighted by atomic mass is 10.3.